The van der Waals surface area contributed by atoms with Gasteiger partial charge in [-0.1, -0.05) is 27.2 Å². The van der Waals surface area contributed by atoms with Gasteiger partial charge < -0.3 is 10.4 Å². The molecule has 0 saturated heterocycles. The Labute approximate surface area is 99.4 Å². The van der Waals surface area contributed by atoms with Crippen molar-refractivity contribution in [3.05, 3.63) is 0 Å². The minimum atomic E-state index is -2.94. The van der Waals surface area contributed by atoms with Gasteiger partial charge in [-0.15, -0.1) is 0 Å². The predicted octanol–water partition coefficient (Wildman–Crippen LogP) is 0.806. The molecule has 3 atom stereocenters. The average molecular weight is 251 g/mol. The lowest BCUT2D eigenvalue weighted by Gasteiger charge is -2.20. The topological polar surface area (TPSA) is 66.4 Å². The molecule has 0 bridgehead atoms. The summed E-state index contributed by atoms with van der Waals surface area (Å²) in [5.74, 6) is 0.548. The highest BCUT2D eigenvalue weighted by atomic mass is 32.2. The van der Waals surface area contributed by atoms with E-state index in [4.69, 9.17) is 0 Å². The normalized spacial score (nSPS) is 18.1. The van der Waals surface area contributed by atoms with Gasteiger partial charge in [0, 0.05) is 18.3 Å². The second-order valence-corrected chi connectivity index (χ2v) is 6.86. The van der Waals surface area contributed by atoms with E-state index in [-0.39, 0.29) is 23.5 Å². The molecule has 0 saturated carbocycles. The van der Waals surface area contributed by atoms with E-state index >= 15 is 0 Å². The van der Waals surface area contributed by atoms with E-state index in [2.05, 4.69) is 5.32 Å². The molecule has 0 aromatic heterocycles. The molecular weight excluding hydrogens is 226 g/mol. The van der Waals surface area contributed by atoms with Crippen molar-refractivity contribution in [1.29, 1.82) is 0 Å². The summed E-state index contributed by atoms with van der Waals surface area (Å²) in [4.78, 5) is 0. The molecule has 0 aromatic rings. The van der Waals surface area contributed by atoms with E-state index in [1.54, 1.807) is 6.92 Å². The van der Waals surface area contributed by atoms with Crippen LogP contribution in [-0.4, -0.2) is 43.7 Å². The standard InChI is InChI=1S/C11H25NO3S/c1-5-9(3)11(13)7-12-10(4)8-16(14,15)6-2/h9-13H,5-8H2,1-4H3. The van der Waals surface area contributed by atoms with Crippen LogP contribution in [0.4, 0.5) is 0 Å². The van der Waals surface area contributed by atoms with Crippen LogP contribution >= 0.6 is 0 Å². The summed E-state index contributed by atoms with van der Waals surface area (Å²) in [7, 11) is -2.94. The van der Waals surface area contributed by atoms with Gasteiger partial charge >= 0.3 is 0 Å². The van der Waals surface area contributed by atoms with Crippen LogP contribution < -0.4 is 5.32 Å². The molecule has 5 heteroatoms. The van der Waals surface area contributed by atoms with E-state index in [0.29, 0.717) is 6.54 Å². The Morgan fingerprint density at radius 3 is 2.25 bits per heavy atom. The lowest BCUT2D eigenvalue weighted by atomic mass is 10.0. The molecule has 0 rings (SSSR count). The Morgan fingerprint density at radius 2 is 1.81 bits per heavy atom. The first-order valence-corrected chi connectivity index (χ1v) is 7.76. The first-order chi connectivity index (χ1) is 7.32. The number of rotatable bonds is 8. The largest absolute Gasteiger partial charge is 0.392 e. The maximum absolute atomic E-state index is 11.3. The third kappa shape index (κ3) is 6.45. The van der Waals surface area contributed by atoms with Crippen molar-refractivity contribution in [3.63, 3.8) is 0 Å². The minimum Gasteiger partial charge on any atom is -0.392 e. The number of nitrogens with one attached hydrogen (secondary N) is 1. The quantitative estimate of drug-likeness (QED) is 0.670. The molecule has 0 aliphatic rings. The molecule has 0 aliphatic heterocycles. The molecule has 0 heterocycles. The smallest absolute Gasteiger partial charge is 0.151 e. The molecule has 0 fully saturated rings. The van der Waals surface area contributed by atoms with Gasteiger partial charge in [-0.3, -0.25) is 0 Å². The Bertz CT molecular complexity index is 277. The van der Waals surface area contributed by atoms with Gasteiger partial charge in [0.05, 0.1) is 11.9 Å². The van der Waals surface area contributed by atoms with Crippen LogP contribution in [0.1, 0.15) is 34.1 Å². The van der Waals surface area contributed by atoms with Gasteiger partial charge in [-0.25, -0.2) is 8.42 Å². The lowest BCUT2D eigenvalue weighted by Crippen LogP contribution is -2.40. The summed E-state index contributed by atoms with van der Waals surface area (Å²) in [6.07, 6.45) is 0.515. The first kappa shape index (κ1) is 15.9. The zero-order valence-electron chi connectivity index (χ0n) is 10.7. The van der Waals surface area contributed by atoms with Gasteiger partial charge in [0.2, 0.25) is 0 Å². The fourth-order valence-corrected chi connectivity index (χ4v) is 2.47. The Hall–Kier alpha value is -0.130. The van der Waals surface area contributed by atoms with Crippen LogP contribution in [0.2, 0.25) is 0 Å². The SMILES string of the molecule is CCC(C)C(O)CNC(C)CS(=O)(=O)CC. The molecular formula is C11H25NO3S. The molecule has 16 heavy (non-hydrogen) atoms. The third-order valence-corrected chi connectivity index (χ3v) is 4.81. The highest BCUT2D eigenvalue weighted by Crippen LogP contribution is 2.06. The maximum Gasteiger partial charge on any atom is 0.151 e. The summed E-state index contributed by atoms with van der Waals surface area (Å²) >= 11 is 0. The Kier molecular flexibility index (Phi) is 7.19. The summed E-state index contributed by atoms with van der Waals surface area (Å²) in [6, 6.07) is -0.108. The van der Waals surface area contributed by atoms with Gasteiger partial charge in [0.25, 0.3) is 0 Å². The summed E-state index contributed by atoms with van der Waals surface area (Å²) in [5.41, 5.74) is 0. The Morgan fingerprint density at radius 1 is 1.25 bits per heavy atom. The number of hydrogen-bond acceptors (Lipinski definition) is 4. The molecule has 98 valence electrons. The molecule has 0 spiro atoms. The van der Waals surface area contributed by atoms with Crippen LogP contribution in [0, 0.1) is 5.92 Å². The van der Waals surface area contributed by atoms with Crippen molar-refractivity contribution in [2.45, 2.75) is 46.3 Å². The van der Waals surface area contributed by atoms with Gasteiger partial charge in [0.1, 0.15) is 0 Å². The van der Waals surface area contributed by atoms with Crippen LogP contribution in [0.15, 0.2) is 0 Å². The average Bonchev–Trinajstić information content (AvgIpc) is 2.24. The third-order valence-electron chi connectivity index (χ3n) is 2.92. The van der Waals surface area contributed by atoms with Crippen molar-refractivity contribution < 1.29 is 13.5 Å². The zero-order valence-corrected chi connectivity index (χ0v) is 11.5. The molecule has 0 amide bonds. The van der Waals surface area contributed by atoms with E-state index < -0.39 is 15.9 Å². The van der Waals surface area contributed by atoms with Crippen LogP contribution in [-0.2, 0) is 9.84 Å². The summed E-state index contributed by atoms with van der Waals surface area (Å²) in [5, 5.41) is 12.8. The first-order valence-electron chi connectivity index (χ1n) is 5.94. The second-order valence-electron chi connectivity index (χ2n) is 4.46. The van der Waals surface area contributed by atoms with Gasteiger partial charge in [-0.2, -0.15) is 0 Å². The van der Waals surface area contributed by atoms with E-state index in [1.807, 2.05) is 20.8 Å². The summed E-state index contributed by atoms with van der Waals surface area (Å²) < 4.78 is 22.7. The molecule has 4 nitrogen and oxygen atoms in total. The van der Waals surface area contributed by atoms with Crippen molar-refractivity contribution >= 4 is 9.84 Å². The maximum atomic E-state index is 11.3. The Balaban J connectivity index is 3.94. The minimum absolute atomic E-state index is 0.108. The molecule has 0 radical (unpaired) electrons. The van der Waals surface area contributed by atoms with Crippen LogP contribution in [0.5, 0.6) is 0 Å². The number of sulfone groups is 1. The van der Waals surface area contributed by atoms with Crippen molar-refractivity contribution in [1.82, 2.24) is 5.32 Å². The molecule has 0 aromatic carbocycles. The number of aliphatic hydroxyl groups is 1. The van der Waals surface area contributed by atoms with Crippen LogP contribution in [0.25, 0.3) is 0 Å². The molecule has 2 N–H and O–H groups in total. The van der Waals surface area contributed by atoms with Crippen molar-refractivity contribution in [3.8, 4) is 0 Å². The zero-order chi connectivity index (χ0) is 12.8. The highest BCUT2D eigenvalue weighted by molar-refractivity contribution is 7.91. The lowest BCUT2D eigenvalue weighted by molar-refractivity contribution is 0.111. The fraction of sp³-hybridized carbons (Fsp3) is 1.00. The highest BCUT2D eigenvalue weighted by Gasteiger charge is 2.16. The number of hydrogen-bond donors (Lipinski definition) is 2. The van der Waals surface area contributed by atoms with Gasteiger partial charge in [-0.05, 0) is 12.8 Å². The molecule has 0 aliphatic carbocycles. The molecule has 3 unspecified atom stereocenters. The van der Waals surface area contributed by atoms with Gasteiger partial charge in [0.15, 0.2) is 9.84 Å². The number of aliphatic hydroxyl groups excluding tert-OH is 1. The predicted molar refractivity (Wildman–Crippen MR) is 67.3 cm³/mol. The van der Waals surface area contributed by atoms with Crippen molar-refractivity contribution in [2.24, 2.45) is 5.92 Å². The van der Waals surface area contributed by atoms with E-state index in [0.717, 1.165) is 6.42 Å². The fourth-order valence-electron chi connectivity index (χ4n) is 1.35. The van der Waals surface area contributed by atoms with E-state index in [1.165, 1.54) is 0 Å². The van der Waals surface area contributed by atoms with E-state index in [9.17, 15) is 13.5 Å². The van der Waals surface area contributed by atoms with Crippen molar-refractivity contribution in [2.75, 3.05) is 18.1 Å². The summed E-state index contributed by atoms with van der Waals surface area (Å²) in [6.45, 7) is 7.95. The second kappa shape index (κ2) is 7.25. The monoisotopic (exact) mass is 251 g/mol. The van der Waals surface area contributed by atoms with Crippen LogP contribution in [0.3, 0.4) is 0 Å².